The molecule has 0 aromatic heterocycles. The number of halogens is 2. The summed E-state index contributed by atoms with van der Waals surface area (Å²) < 4.78 is 7.89. The number of carbonyl (C=O) groups excluding carboxylic acids is 3. The van der Waals surface area contributed by atoms with Crippen LogP contribution in [0.3, 0.4) is 0 Å². The van der Waals surface area contributed by atoms with Gasteiger partial charge in [0.15, 0.2) is 11.6 Å². The molecule has 0 saturated carbocycles. The molecule has 2 aromatic carbocycles. The fraction of sp³-hybridized carbons (Fsp3) is 0.531. The first kappa shape index (κ1) is 34.4. The Balaban J connectivity index is 0.000000171. The number of nitrogens with one attached hydrogen (secondary N) is 1. The quantitative estimate of drug-likeness (QED) is 0.354. The molecule has 0 aliphatic carbocycles. The molecule has 10 heteroatoms. The van der Waals surface area contributed by atoms with Crippen LogP contribution in [0.1, 0.15) is 72.6 Å². The van der Waals surface area contributed by atoms with Crippen molar-refractivity contribution in [3.8, 4) is 11.5 Å². The van der Waals surface area contributed by atoms with E-state index in [1.54, 1.807) is 12.1 Å². The molecule has 4 heterocycles. The maximum atomic E-state index is 12.3. The summed E-state index contributed by atoms with van der Waals surface area (Å²) in [5.41, 5.74) is 0.804. The Morgan fingerprint density at radius 1 is 0.905 bits per heavy atom. The minimum Gasteiger partial charge on any atom is -0.507 e. The van der Waals surface area contributed by atoms with Crippen molar-refractivity contribution in [3.05, 3.63) is 56.5 Å². The molecule has 4 aliphatic rings. The van der Waals surface area contributed by atoms with E-state index in [9.17, 15) is 14.4 Å². The summed E-state index contributed by atoms with van der Waals surface area (Å²) >= 11 is 6.60. The molecule has 0 radical (unpaired) electrons. The second-order valence-electron chi connectivity index (χ2n) is 11.3. The van der Waals surface area contributed by atoms with Crippen molar-refractivity contribution in [3.63, 3.8) is 0 Å². The highest BCUT2D eigenvalue weighted by atomic mass is 79.9. The molecule has 0 atom stereocenters. The van der Waals surface area contributed by atoms with Crippen LogP contribution in [-0.2, 0) is 4.79 Å². The zero-order valence-corrected chi connectivity index (χ0v) is 28.1. The van der Waals surface area contributed by atoms with Crippen molar-refractivity contribution < 1.29 is 24.2 Å². The van der Waals surface area contributed by atoms with E-state index in [0.29, 0.717) is 23.3 Å². The van der Waals surface area contributed by atoms with Crippen molar-refractivity contribution in [1.29, 1.82) is 0 Å². The topological polar surface area (TPSA) is 99.2 Å². The molecule has 8 nitrogen and oxygen atoms in total. The lowest BCUT2D eigenvalue weighted by atomic mass is 9.82. The van der Waals surface area contributed by atoms with E-state index >= 15 is 0 Å². The van der Waals surface area contributed by atoms with E-state index < -0.39 is 0 Å². The van der Waals surface area contributed by atoms with Crippen molar-refractivity contribution in [2.24, 2.45) is 0 Å². The van der Waals surface area contributed by atoms with Crippen LogP contribution in [0.4, 0.5) is 0 Å². The Morgan fingerprint density at radius 2 is 1.48 bits per heavy atom. The summed E-state index contributed by atoms with van der Waals surface area (Å²) in [6, 6.07) is 10.5. The van der Waals surface area contributed by atoms with E-state index in [0.717, 1.165) is 66.6 Å². The SMILES string of the molecule is C1CCNC1.CC(=O)c1cc(Br)ccc1O.CN1CCC(=O)CC1.CN1CCC2(CC1)CC(=O)c1cc(Br)ccc1O2. The average Bonchev–Trinajstić information content (AvgIpc) is 3.55. The maximum Gasteiger partial charge on any atom is 0.170 e. The first-order valence-corrected chi connectivity index (χ1v) is 16.2. The van der Waals surface area contributed by atoms with Gasteiger partial charge in [0.2, 0.25) is 0 Å². The molecule has 4 aliphatic heterocycles. The Morgan fingerprint density at radius 3 is 2.00 bits per heavy atom. The Bertz CT molecular complexity index is 1210. The molecular weight excluding hydrogens is 666 g/mol. The molecule has 0 unspecified atom stereocenters. The number of piperidine rings is 2. The minimum atomic E-state index is -0.260. The van der Waals surface area contributed by atoms with Crippen LogP contribution < -0.4 is 10.1 Å². The Hall–Kier alpha value is -2.11. The lowest BCUT2D eigenvalue weighted by Crippen LogP contribution is -2.50. The van der Waals surface area contributed by atoms with E-state index in [1.165, 1.54) is 38.9 Å². The number of ether oxygens (including phenoxy) is 1. The van der Waals surface area contributed by atoms with Gasteiger partial charge in [0, 0.05) is 60.8 Å². The first-order valence-electron chi connectivity index (χ1n) is 14.6. The molecule has 3 fully saturated rings. The number of phenols is 1. The number of nitrogens with zero attached hydrogens (tertiary/aromatic N) is 2. The summed E-state index contributed by atoms with van der Waals surface area (Å²) in [4.78, 5) is 38.2. The lowest BCUT2D eigenvalue weighted by molar-refractivity contribution is -0.121. The number of fused-ring (bicyclic) bond motifs is 1. The van der Waals surface area contributed by atoms with Crippen molar-refractivity contribution in [1.82, 2.24) is 15.1 Å². The number of aromatic hydroxyl groups is 1. The molecular formula is C32H43Br2N3O5. The van der Waals surface area contributed by atoms with Gasteiger partial charge in [0.05, 0.1) is 17.5 Å². The molecule has 0 amide bonds. The van der Waals surface area contributed by atoms with Gasteiger partial charge in [-0.1, -0.05) is 31.9 Å². The summed E-state index contributed by atoms with van der Waals surface area (Å²) in [5, 5.41) is 12.4. The van der Waals surface area contributed by atoms with Crippen LogP contribution in [0.2, 0.25) is 0 Å². The summed E-state index contributed by atoms with van der Waals surface area (Å²) in [7, 11) is 4.16. The zero-order chi connectivity index (χ0) is 30.7. The highest BCUT2D eigenvalue weighted by Crippen LogP contribution is 2.40. The van der Waals surface area contributed by atoms with Crippen LogP contribution in [0.15, 0.2) is 45.3 Å². The highest BCUT2D eigenvalue weighted by molar-refractivity contribution is 9.10. The Kier molecular flexibility index (Phi) is 13.6. The normalized spacial score (nSPS) is 19.6. The van der Waals surface area contributed by atoms with Crippen LogP contribution >= 0.6 is 31.9 Å². The van der Waals surface area contributed by atoms with Gasteiger partial charge in [-0.25, -0.2) is 0 Å². The standard InChI is InChI=1S/C14H16BrNO2.C8H7BrO2.C6H11NO.C4H9N/c1-16-6-4-14(5-7-16)9-12(17)11-8-10(15)2-3-13(11)18-14;1-5(10)7-4-6(9)2-3-8(7)11;1-7-4-2-6(8)3-5-7;1-2-4-5-3-1/h2-3,8H,4-7,9H2,1H3;2-4,11H,1H3;2-5H2,1H3;5H,1-4H2. The van der Waals surface area contributed by atoms with E-state index in [1.807, 2.05) is 25.2 Å². The van der Waals surface area contributed by atoms with Gasteiger partial charge in [-0.2, -0.15) is 0 Å². The van der Waals surface area contributed by atoms with Gasteiger partial charge in [-0.05, 0) is 83.3 Å². The first-order chi connectivity index (χ1) is 20.0. The molecule has 0 bridgehead atoms. The van der Waals surface area contributed by atoms with E-state index in [2.05, 4.69) is 54.0 Å². The smallest absolute Gasteiger partial charge is 0.170 e. The van der Waals surface area contributed by atoms with Gasteiger partial charge >= 0.3 is 0 Å². The van der Waals surface area contributed by atoms with Crippen molar-refractivity contribution >= 4 is 49.2 Å². The molecule has 2 N–H and O–H groups in total. The van der Waals surface area contributed by atoms with Crippen LogP contribution in [-0.4, -0.2) is 91.2 Å². The number of ketones is 3. The monoisotopic (exact) mass is 707 g/mol. The van der Waals surface area contributed by atoms with Gasteiger partial charge < -0.3 is 25.0 Å². The van der Waals surface area contributed by atoms with Crippen LogP contribution in [0.25, 0.3) is 0 Å². The number of Topliss-reactive ketones (excluding diaryl/α,β-unsaturated/α-hetero) is 3. The zero-order valence-electron chi connectivity index (χ0n) is 24.9. The second kappa shape index (κ2) is 16.7. The number of rotatable bonds is 1. The third-order valence-corrected chi connectivity index (χ3v) is 8.78. The molecule has 42 heavy (non-hydrogen) atoms. The predicted molar refractivity (Wildman–Crippen MR) is 173 cm³/mol. The molecule has 6 rings (SSSR count). The average molecular weight is 710 g/mol. The number of hydrogen-bond acceptors (Lipinski definition) is 8. The summed E-state index contributed by atoms with van der Waals surface area (Å²) in [6.45, 7) is 7.83. The van der Waals surface area contributed by atoms with Gasteiger partial charge in [0.25, 0.3) is 0 Å². The maximum absolute atomic E-state index is 12.3. The van der Waals surface area contributed by atoms with Gasteiger partial charge in [-0.3, -0.25) is 14.4 Å². The third-order valence-electron chi connectivity index (χ3n) is 7.79. The Labute approximate surface area is 266 Å². The van der Waals surface area contributed by atoms with Gasteiger partial charge in [0.1, 0.15) is 22.9 Å². The number of hydrogen-bond donors (Lipinski definition) is 2. The number of carbonyl (C=O) groups is 3. The fourth-order valence-electron chi connectivity index (χ4n) is 5.05. The molecule has 230 valence electrons. The minimum absolute atomic E-state index is 0.0284. The largest absolute Gasteiger partial charge is 0.507 e. The third kappa shape index (κ3) is 10.9. The fourth-order valence-corrected chi connectivity index (χ4v) is 5.78. The molecule has 1 spiro atoms. The van der Waals surface area contributed by atoms with Crippen LogP contribution in [0, 0.1) is 0 Å². The number of likely N-dealkylation sites (tertiary alicyclic amines) is 2. The lowest BCUT2D eigenvalue weighted by Gasteiger charge is -2.43. The van der Waals surface area contributed by atoms with Crippen LogP contribution in [0.5, 0.6) is 11.5 Å². The summed E-state index contributed by atoms with van der Waals surface area (Å²) in [6.07, 6.45) is 6.69. The highest BCUT2D eigenvalue weighted by Gasteiger charge is 2.42. The van der Waals surface area contributed by atoms with Crippen molar-refractivity contribution in [2.45, 2.75) is 57.5 Å². The number of benzene rings is 2. The predicted octanol–water partition coefficient (Wildman–Crippen LogP) is 5.89. The molecule has 2 aromatic rings. The van der Waals surface area contributed by atoms with E-state index in [4.69, 9.17) is 9.84 Å². The van der Waals surface area contributed by atoms with Gasteiger partial charge in [-0.15, -0.1) is 0 Å². The second-order valence-corrected chi connectivity index (χ2v) is 13.2. The summed E-state index contributed by atoms with van der Waals surface area (Å²) in [5.74, 6) is 1.27. The number of phenolic OH excluding ortho intramolecular Hbond substituents is 1. The van der Waals surface area contributed by atoms with E-state index in [-0.39, 0.29) is 22.9 Å². The van der Waals surface area contributed by atoms with Crippen molar-refractivity contribution in [2.75, 3.05) is 53.4 Å². The molecule has 3 saturated heterocycles.